The summed E-state index contributed by atoms with van der Waals surface area (Å²) in [6.07, 6.45) is 1.38. The van der Waals surface area contributed by atoms with E-state index in [1.807, 2.05) is 42.5 Å². The summed E-state index contributed by atoms with van der Waals surface area (Å²) in [6, 6.07) is 13.6. The lowest BCUT2D eigenvalue weighted by atomic mass is 10.1. The van der Waals surface area contributed by atoms with Gasteiger partial charge in [0, 0.05) is 18.7 Å². The van der Waals surface area contributed by atoms with Gasteiger partial charge in [0.1, 0.15) is 0 Å². The molecule has 0 heterocycles. The van der Waals surface area contributed by atoms with Crippen molar-refractivity contribution >= 4 is 23.1 Å². The minimum atomic E-state index is -0.0862. The average molecular weight is 256 g/mol. The second-order valence-electron chi connectivity index (χ2n) is 4.24. The van der Waals surface area contributed by atoms with Crippen molar-refractivity contribution in [1.82, 2.24) is 10.6 Å². The first-order chi connectivity index (χ1) is 9.31. The average Bonchev–Trinajstić information content (AvgIpc) is 2.46. The number of hydrogen-bond donors (Lipinski definition) is 2. The highest BCUT2D eigenvalue weighted by Crippen LogP contribution is 2.15. The second-order valence-corrected chi connectivity index (χ2v) is 4.24. The minimum Gasteiger partial charge on any atom is -0.359 e. The van der Waals surface area contributed by atoms with E-state index in [4.69, 9.17) is 0 Å². The summed E-state index contributed by atoms with van der Waals surface area (Å²) in [5.41, 5.74) is 0.655. The van der Waals surface area contributed by atoms with Crippen LogP contribution in [0.4, 0.5) is 0 Å². The van der Waals surface area contributed by atoms with Crippen LogP contribution in [-0.2, 0) is 4.79 Å². The van der Waals surface area contributed by atoms with E-state index in [9.17, 15) is 9.59 Å². The topological polar surface area (TPSA) is 58.2 Å². The van der Waals surface area contributed by atoms with Gasteiger partial charge in [-0.25, -0.2) is 0 Å². The summed E-state index contributed by atoms with van der Waals surface area (Å²) in [5, 5.41) is 7.55. The molecule has 4 heteroatoms. The van der Waals surface area contributed by atoms with Crippen molar-refractivity contribution in [2.45, 2.75) is 6.42 Å². The van der Waals surface area contributed by atoms with Gasteiger partial charge in [0.15, 0.2) is 0 Å². The predicted octanol–water partition coefficient (Wildman–Crippen LogP) is 1.71. The molecule has 2 rings (SSSR count). The monoisotopic (exact) mass is 256 g/mol. The van der Waals surface area contributed by atoms with Gasteiger partial charge in [0.25, 0.3) is 5.91 Å². The fraction of sp³-hybridized carbons (Fsp3) is 0.200. The zero-order valence-corrected chi connectivity index (χ0v) is 10.6. The second kappa shape index (κ2) is 6.54. The van der Waals surface area contributed by atoms with Crippen LogP contribution in [0.2, 0.25) is 0 Å². The minimum absolute atomic E-state index is 0.0862. The number of hydrogen-bond acceptors (Lipinski definition) is 2. The summed E-state index contributed by atoms with van der Waals surface area (Å²) in [4.78, 5) is 22.0. The van der Waals surface area contributed by atoms with Crippen LogP contribution in [-0.4, -0.2) is 25.4 Å². The molecule has 0 atom stereocenters. The molecule has 2 amide bonds. The number of carbonyl (C=O) groups is 2. The Morgan fingerprint density at radius 2 is 1.84 bits per heavy atom. The number of fused-ring (bicyclic) bond motifs is 1. The number of carbonyl (C=O) groups excluding carboxylic acids is 2. The molecule has 0 spiro atoms. The summed E-state index contributed by atoms with van der Waals surface area (Å²) >= 11 is 0. The molecule has 19 heavy (non-hydrogen) atoms. The molecule has 0 aromatic heterocycles. The normalized spacial score (nSPS) is 10.1. The Kier molecular flexibility index (Phi) is 4.50. The van der Waals surface area contributed by atoms with Crippen molar-refractivity contribution in [3.05, 3.63) is 48.0 Å². The molecule has 2 aromatic rings. The molecule has 0 radical (unpaired) electrons. The van der Waals surface area contributed by atoms with Crippen LogP contribution in [0.1, 0.15) is 16.8 Å². The third-order valence-corrected chi connectivity index (χ3v) is 2.88. The lowest BCUT2D eigenvalue weighted by Gasteiger charge is -2.06. The smallest absolute Gasteiger partial charge is 0.251 e. The zero-order valence-electron chi connectivity index (χ0n) is 10.6. The van der Waals surface area contributed by atoms with Gasteiger partial charge < -0.3 is 10.6 Å². The van der Waals surface area contributed by atoms with E-state index in [1.54, 1.807) is 0 Å². The molecule has 0 unspecified atom stereocenters. The van der Waals surface area contributed by atoms with E-state index < -0.39 is 0 Å². The molecule has 0 saturated heterocycles. The summed E-state index contributed by atoms with van der Waals surface area (Å²) < 4.78 is 0. The molecule has 0 bridgehead atoms. The fourth-order valence-corrected chi connectivity index (χ4v) is 1.88. The van der Waals surface area contributed by atoms with Crippen molar-refractivity contribution in [3.8, 4) is 0 Å². The maximum Gasteiger partial charge on any atom is 0.251 e. The SMILES string of the molecule is O=CNCCCNC(=O)c1ccc2ccccc2c1. The van der Waals surface area contributed by atoms with Gasteiger partial charge in [-0.3, -0.25) is 9.59 Å². The molecule has 0 aliphatic rings. The Bertz CT molecular complexity index is 581. The van der Waals surface area contributed by atoms with Crippen LogP contribution < -0.4 is 10.6 Å². The molecule has 0 aliphatic heterocycles. The Labute approximate surface area is 111 Å². The van der Waals surface area contributed by atoms with E-state index in [2.05, 4.69) is 10.6 Å². The number of nitrogens with one attached hydrogen (secondary N) is 2. The van der Waals surface area contributed by atoms with Crippen molar-refractivity contribution in [2.75, 3.05) is 13.1 Å². The first-order valence-corrected chi connectivity index (χ1v) is 6.25. The number of amides is 2. The van der Waals surface area contributed by atoms with E-state index in [0.29, 0.717) is 25.1 Å². The van der Waals surface area contributed by atoms with Gasteiger partial charge >= 0.3 is 0 Å². The molecule has 0 aliphatic carbocycles. The Balaban J connectivity index is 1.95. The first kappa shape index (κ1) is 13.1. The highest BCUT2D eigenvalue weighted by atomic mass is 16.1. The molecular weight excluding hydrogens is 240 g/mol. The third-order valence-electron chi connectivity index (χ3n) is 2.88. The highest BCUT2D eigenvalue weighted by molar-refractivity contribution is 5.98. The van der Waals surface area contributed by atoms with E-state index in [1.165, 1.54) is 0 Å². The maximum absolute atomic E-state index is 11.9. The molecule has 98 valence electrons. The first-order valence-electron chi connectivity index (χ1n) is 6.25. The molecule has 0 saturated carbocycles. The Morgan fingerprint density at radius 3 is 2.63 bits per heavy atom. The molecule has 0 fully saturated rings. The lowest BCUT2D eigenvalue weighted by Crippen LogP contribution is -2.27. The highest BCUT2D eigenvalue weighted by Gasteiger charge is 2.05. The van der Waals surface area contributed by atoms with Gasteiger partial charge in [-0.1, -0.05) is 30.3 Å². The maximum atomic E-state index is 11.9. The van der Waals surface area contributed by atoms with Crippen LogP contribution in [0.25, 0.3) is 10.8 Å². The standard InChI is InChI=1S/C15H16N2O2/c18-11-16-8-3-9-17-15(19)14-7-6-12-4-1-2-5-13(12)10-14/h1-2,4-7,10-11H,3,8-9H2,(H,16,18)(H,17,19). The van der Waals surface area contributed by atoms with Gasteiger partial charge in [0.2, 0.25) is 6.41 Å². The fourth-order valence-electron chi connectivity index (χ4n) is 1.88. The molecule has 2 N–H and O–H groups in total. The van der Waals surface area contributed by atoms with E-state index in [0.717, 1.165) is 17.2 Å². The van der Waals surface area contributed by atoms with Gasteiger partial charge in [-0.2, -0.15) is 0 Å². The molecular formula is C15H16N2O2. The zero-order chi connectivity index (χ0) is 13.5. The Hall–Kier alpha value is -2.36. The lowest BCUT2D eigenvalue weighted by molar-refractivity contribution is -0.109. The van der Waals surface area contributed by atoms with Crippen LogP contribution in [0.5, 0.6) is 0 Å². The third kappa shape index (κ3) is 3.55. The van der Waals surface area contributed by atoms with Crippen molar-refractivity contribution in [3.63, 3.8) is 0 Å². The van der Waals surface area contributed by atoms with Crippen LogP contribution in [0, 0.1) is 0 Å². The van der Waals surface area contributed by atoms with Crippen LogP contribution >= 0.6 is 0 Å². The quantitative estimate of drug-likeness (QED) is 0.610. The van der Waals surface area contributed by atoms with Crippen LogP contribution in [0.15, 0.2) is 42.5 Å². The number of rotatable bonds is 6. The predicted molar refractivity (Wildman–Crippen MR) is 75.0 cm³/mol. The van der Waals surface area contributed by atoms with Gasteiger partial charge in [-0.05, 0) is 29.3 Å². The van der Waals surface area contributed by atoms with Crippen molar-refractivity contribution in [2.24, 2.45) is 0 Å². The van der Waals surface area contributed by atoms with Crippen molar-refractivity contribution < 1.29 is 9.59 Å². The van der Waals surface area contributed by atoms with Gasteiger partial charge in [-0.15, -0.1) is 0 Å². The molecule has 4 nitrogen and oxygen atoms in total. The largest absolute Gasteiger partial charge is 0.359 e. The van der Waals surface area contributed by atoms with E-state index in [-0.39, 0.29) is 5.91 Å². The van der Waals surface area contributed by atoms with Crippen LogP contribution in [0.3, 0.4) is 0 Å². The van der Waals surface area contributed by atoms with E-state index >= 15 is 0 Å². The number of benzene rings is 2. The van der Waals surface area contributed by atoms with Gasteiger partial charge in [0.05, 0.1) is 0 Å². The van der Waals surface area contributed by atoms with Crippen molar-refractivity contribution in [1.29, 1.82) is 0 Å². The summed E-state index contributed by atoms with van der Waals surface area (Å²) in [5.74, 6) is -0.0862. The summed E-state index contributed by atoms with van der Waals surface area (Å²) in [7, 11) is 0. The summed E-state index contributed by atoms with van der Waals surface area (Å²) in [6.45, 7) is 1.12. The molecule has 2 aromatic carbocycles. The Morgan fingerprint density at radius 1 is 1.05 bits per heavy atom.